The van der Waals surface area contributed by atoms with Crippen molar-refractivity contribution in [1.29, 1.82) is 0 Å². The Kier molecular flexibility index (Phi) is 3.50. The molecule has 2 aromatic rings. The Morgan fingerprint density at radius 1 is 1.23 bits per heavy atom. The minimum Gasteiger partial charge on any atom is -0.356 e. The largest absolute Gasteiger partial charge is 0.356 e. The number of aromatic nitrogens is 1. The molecule has 13 heavy (non-hydrogen) atoms. The minimum absolute atomic E-state index is 0.861. The fourth-order valence-electron chi connectivity index (χ4n) is 1.01. The van der Waals surface area contributed by atoms with Crippen molar-refractivity contribution in [2.75, 3.05) is 0 Å². The predicted molar refractivity (Wildman–Crippen MR) is 54.7 cm³/mol. The highest BCUT2D eigenvalue weighted by molar-refractivity contribution is 5.78. The second-order valence-corrected chi connectivity index (χ2v) is 2.97. The van der Waals surface area contributed by atoms with Crippen LogP contribution in [0.2, 0.25) is 0 Å². The van der Waals surface area contributed by atoms with E-state index >= 15 is 0 Å². The molecule has 1 aromatic carbocycles. The van der Waals surface area contributed by atoms with E-state index in [-0.39, 0.29) is 0 Å². The fraction of sp³-hybridized carbons (Fsp3) is 0.364. The van der Waals surface area contributed by atoms with Gasteiger partial charge in [-0.15, -0.1) is 0 Å². The molecule has 2 rings (SSSR count). The number of hydrogen-bond donors (Lipinski definition) is 0. The number of benzene rings is 1. The molecule has 0 unspecified atom stereocenters. The Morgan fingerprint density at radius 3 is 2.46 bits per heavy atom. The van der Waals surface area contributed by atoms with E-state index in [1.54, 1.807) is 0 Å². The van der Waals surface area contributed by atoms with Gasteiger partial charge in [0.2, 0.25) is 0 Å². The molecule has 0 spiro atoms. The highest BCUT2D eigenvalue weighted by atomic mass is 16.5. The normalized spacial score (nSPS) is 9.46. The third-order valence-electron chi connectivity index (χ3n) is 1.56. The van der Waals surface area contributed by atoms with Gasteiger partial charge in [0, 0.05) is 5.39 Å². The van der Waals surface area contributed by atoms with Crippen LogP contribution in [-0.2, 0) is 0 Å². The summed E-state index contributed by atoms with van der Waals surface area (Å²) in [6, 6.07) is 7.83. The smallest absolute Gasteiger partial charge is 0.167 e. The molecule has 70 valence electrons. The maximum Gasteiger partial charge on any atom is 0.167 e. The van der Waals surface area contributed by atoms with Crippen molar-refractivity contribution in [2.24, 2.45) is 0 Å². The summed E-state index contributed by atoms with van der Waals surface area (Å²) in [6.07, 6.45) is 1.25. The van der Waals surface area contributed by atoms with Crippen molar-refractivity contribution in [3.63, 3.8) is 0 Å². The van der Waals surface area contributed by atoms with E-state index in [0.717, 1.165) is 16.7 Å². The minimum atomic E-state index is 0.861. The first-order valence-corrected chi connectivity index (χ1v) is 4.60. The lowest BCUT2D eigenvalue weighted by Gasteiger charge is -1.82. The summed E-state index contributed by atoms with van der Waals surface area (Å²) in [7, 11) is 0. The first-order chi connectivity index (χ1) is 6.29. The molecule has 1 aromatic heterocycles. The predicted octanol–water partition coefficient (Wildman–Crippen LogP) is 3.55. The fourth-order valence-corrected chi connectivity index (χ4v) is 1.01. The molecule has 0 amide bonds. The van der Waals surface area contributed by atoms with Crippen LogP contribution in [0.15, 0.2) is 28.8 Å². The molecule has 2 heteroatoms. The zero-order valence-corrected chi connectivity index (χ0v) is 8.37. The summed E-state index contributed by atoms with van der Waals surface area (Å²) in [4.78, 5) is 0. The Labute approximate surface area is 78.5 Å². The van der Waals surface area contributed by atoms with Gasteiger partial charge in [-0.05, 0) is 19.1 Å². The van der Waals surface area contributed by atoms with Gasteiger partial charge in [-0.25, -0.2) is 0 Å². The summed E-state index contributed by atoms with van der Waals surface area (Å²) in [6.45, 7) is 6.19. The van der Waals surface area contributed by atoms with E-state index in [1.807, 2.05) is 31.2 Å². The molecule has 0 saturated heterocycles. The van der Waals surface area contributed by atoms with E-state index in [4.69, 9.17) is 4.52 Å². The van der Waals surface area contributed by atoms with Crippen molar-refractivity contribution in [3.05, 3.63) is 30.0 Å². The lowest BCUT2D eigenvalue weighted by Crippen LogP contribution is -1.66. The van der Waals surface area contributed by atoms with Crippen LogP contribution in [0, 0.1) is 6.92 Å². The zero-order chi connectivity index (χ0) is 9.68. The molecule has 0 aliphatic rings. The quantitative estimate of drug-likeness (QED) is 0.615. The second-order valence-electron chi connectivity index (χ2n) is 2.97. The second kappa shape index (κ2) is 4.65. The van der Waals surface area contributed by atoms with Gasteiger partial charge in [0.05, 0.1) is 5.69 Å². The van der Waals surface area contributed by atoms with Crippen LogP contribution in [0.1, 0.15) is 26.0 Å². The molecule has 0 bridgehead atoms. The van der Waals surface area contributed by atoms with Gasteiger partial charge < -0.3 is 4.52 Å². The monoisotopic (exact) mass is 177 g/mol. The van der Waals surface area contributed by atoms with Crippen molar-refractivity contribution in [2.45, 2.75) is 27.2 Å². The highest BCUT2D eigenvalue weighted by Crippen LogP contribution is 2.15. The topological polar surface area (TPSA) is 26.0 Å². The molecular weight excluding hydrogens is 162 g/mol. The Bertz CT molecular complexity index is 365. The average molecular weight is 177 g/mol. The SMILES string of the molecule is CCC.Cc1noc2ccccc12. The summed E-state index contributed by atoms with van der Waals surface area (Å²) >= 11 is 0. The van der Waals surface area contributed by atoms with E-state index in [1.165, 1.54) is 6.42 Å². The van der Waals surface area contributed by atoms with Crippen molar-refractivity contribution in [3.8, 4) is 0 Å². The number of rotatable bonds is 0. The molecule has 0 aliphatic carbocycles. The van der Waals surface area contributed by atoms with Gasteiger partial charge in [0.15, 0.2) is 5.58 Å². The number of fused-ring (bicyclic) bond motifs is 1. The van der Waals surface area contributed by atoms with Crippen LogP contribution in [-0.4, -0.2) is 5.16 Å². The molecule has 0 fully saturated rings. The zero-order valence-electron chi connectivity index (χ0n) is 8.37. The Hall–Kier alpha value is -1.31. The van der Waals surface area contributed by atoms with Gasteiger partial charge in [0.1, 0.15) is 0 Å². The van der Waals surface area contributed by atoms with Gasteiger partial charge >= 0.3 is 0 Å². The highest BCUT2D eigenvalue weighted by Gasteiger charge is 1.99. The van der Waals surface area contributed by atoms with Crippen LogP contribution >= 0.6 is 0 Å². The van der Waals surface area contributed by atoms with Gasteiger partial charge in [-0.2, -0.15) is 0 Å². The number of hydrogen-bond acceptors (Lipinski definition) is 2. The Balaban J connectivity index is 0.000000251. The summed E-state index contributed by atoms with van der Waals surface area (Å²) < 4.78 is 5.00. The van der Waals surface area contributed by atoms with Crippen LogP contribution in [0.3, 0.4) is 0 Å². The van der Waals surface area contributed by atoms with Gasteiger partial charge in [-0.1, -0.05) is 37.6 Å². The van der Waals surface area contributed by atoms with Crippen LogP contribution in [0.25, 0.3) is 11.0 Å². The standard InChI is InChI=1S/C8H7NO.C3H8/c1-6-7-4-2-3-5-8(7)10-9-6;1-3-2/h2-5H,1H3;3H2,1-2H3. The molecule has 0 N–H and O–H groups in total. The number of aryl methyl sites for hydroxylation is 1. The van der Waals surface area contributed by atoms with Crippen LogP contribution < -0.4 is 0 Å². The molecule has 2 nitrogen and oxygen atoms in total. The lowest BCUT2D eigenvalue weighted by molar-refractivity contribution is 0.450. The van der Waals surface area contributed by atoms with E-state index in [9.17, 15) is 0 Å². The summed E-state index contributed by atoms with van der Waals surface area (Å²) in [5, 5.41) is 4.92. The maximum atomic E-state index is 5.00. The van der Waals surface area contributed by atoms with Crippen LogP contribution in [0.4, 0.5) is 0 Å². The maximum absolute atomic E-state index is 5.00. The molecule has 0 saturated carbocycles. The van der Waals surface area contributed by atoms with E-state index in [2.05, 4.69) is 19.0 Å². The van der Waals surface area contributed by atoms with Crippen molar-refractivity contribution < 1.29 is 4.52 Å². The van der Waals surface area contributed by atoms with E-state index in [0.29, 0.717) is 0 Å². The third kappa shape index (κ3) is 2.31. The van der Waals surface area contributed by atoms with Gasteiger partial charge in [-0.3, -0.25) is 0 Å². The van der Waals surface area contributed by atoms with Gasteiger partial charge in [0.25, 0.3) is 0 Å². The molecule has 0 aliphatic heterocycles. The number of nitrogens with zero attached hydrogens (tertiary/aromatic N) is 1. The molecule has 0 radical (unpaired) electrons. The number of para-hydroxylation sites is 1. The first-order valence-electron chi connectivity index (χ1n) is 4.60. The lowest BCUT2D eigenvalue weighted by atomic mass is 10.2. The molecule has 1 heterocycles. The summed E-state index contributed by atoms with van der Waals surface area (Å²) in [5.74, 6) is 0. The molecule has 0 atom stereocenters. The average Bonchev–Trinajstić information content (AvgIpc) is 2.50. The van der Waals surface area contributed by atoms with E-state index < -0.39 is 0 Å². The Morgan fingerprint density at radius 2 is 1.85 bits per heavy atom. The first kappa shape index (κ1) is 9.78. The van der Waals surface area contributed by atoms with Crippen molar-refractivity contribution >= 4 is 11.0 Å². The van der Waals surface area contributed by atoms with Crippen LogP contribution in [0.5, 0.6) is 0 Å². The molecular formula is C11H15NO. The van der Waals surface area contributed by atoms with Crippen molar-refractivity contribution in [1.82, 2.24) is 5.16 Å². The third-order valence-corrected chi connectivity index (χ3v) is 1.56. The summed E-state index contributed by atoms with van der Waals surface area (Å²) in [5.41, 5.74) is 1.82.